The SMILES string of the molecule is C.C.C.C.C.C.CCc1cc(CC)cc(OC)c1.CCc1cc(CC)cc(OC)c1.[C-]#[N+]c1ccccc1[N+]#[C-].[C-]#[N+]c1ccccc1[N+]#[C-].[Zn].c1ccc2c(c1)-c1nc-2nc2[n-]c(nc3nc(nc4[n-]c(n1)c1ccccc41)-c1ccccc1-3)c1ccccc21. The van der Waals surface area contributed by atoms with Crippen molar-refractivity contribution in [2.24, 2.45) is 0 Å². The number of nitrogens with zero attached hydrogens (tertiary/aromatic N) is 12. The summed E-state index contributed by atoms with van der Waals surface area (Å²) >= 11 is 0. The van der Waals surface area contributed by atoms with Crippen LogP contribution in [0.2, 0.25) is 0 Å². The number of aryl methyl sites for hydroxylation is 4. The van der Waals surface area contributed by atoms with Crippen LogP contribution in [0, 0.1) is 26.3 Å². The van der Waals surface area contributed by atoms with Gasteiger partial charge in [-0.15, -0.1) is 0 Å². The van der Waals surface area contributed by atoms with Crippen molar-refractivity contribution in [1.82, 2.24) is 39.9 Å². The fourth-order valence-electron chi connectivity index (χ4n) is 9.27. The quantitative estimate of drug-likeness (QED) is 0.117. The van der Waals surface area contributed by atoms with Crippen molar-refractivity contribution in [1.29, 1.82) is 0 Å². The molecule has 5 heterocycles. The summed E-state index contributed by atoms with van der Waals surface area (Å²) in [6.07, 6.45) is 4.29. The van der Waals surface area contributed by atoms with Gasteiger partial charge in [0, 0.05) is 64.3 Å². The molecule has 15 heteroatoms. The number of methoxy groups -OCH3 is 2. The first-order valence-electron chi connectivity index (χ1n) is 27.3. The van der Waals surface area contributed by atoms with Gasteiger partial charge in [-0.25, -0.2) is 9.97 Å². The van der Waals surface area contributed by atoms with E-state index in [9.17, 15) is 0 Å². The Labute approximate surface area is 551 Å². The van der Waals surface area contributed by atoms with Crippen LogP contribution in [0.5, 0.6) is 11.5 Å². The number of aromatic nitrogens is 8. The van der Waals surface area contributed by atoms with Gasteiger partial charge in [-0.3, -0.25) is 19.4 Å². The van der Waals surface area contributed by atoms with Crippen LogP contribution in [0.3, 0.4) is 0 Å². The summed E-state index contributed by atoms with van der Waals surface area (Å²) in [5.74, 6) is 4.16. The van der Waals surface area contributed by atoms with E-state index in [2.05, 4.69) is 83.5 Å². The second-order valence-corrected chi connectivity index (χ2v) is 18.9. The summed E-state index contributed by atoms with van der Waals surface area (Å²) in [5.41, 5.74) is 12.9. The van der Waals surface area contributed by atoms with Crippen molar-refractivity contribution in [3.8, 4) is 57.1 Å². The Balaban J connectivity index is 0.000000458. The Kier molecular flexibility index (Phi) is 30.7. The minimum Gasteiger partial charge on any atom is -0.497 e. The third-order valence-electron chi connectivity index (χ3n) is 13.7. The normalized spacial score (nSPS) is 9.60. The average Bonchev–Trinajstić information content (AvgIpc) is 1.63. The molecule has 91 heavy (non-hydrogen) atoms. The van der Waals surface area contributed by atoms with E-state index >= 15 is 0 Å². The second-order valence-electron chi connectivity index (χ2n) is 18.9. The maximum Gasteiger partial charge on any atom is 0.194 e. The first-order chi connectivity index (χ1) is 41.2. The van der Waals surface area contributed by atoms with Gasteiger partial charge in [0.15, 0.2) is 22.7 Å². The molecule has 8 aromatic carbocycles. The molecule has 0 spiro atoms. The minimum absolute atomic E-state index is 0. The number of para-hydroxylation sites is 4. The first kappa shape index (κ1) is 76.4. The zero-order chi connectivity index (χ0) is 59.0. The second kappa shape index (κ2) is 36.6. The third-order valence-corrected chi connectivity index (χ3v) is 13.7. The molecule has 0 N–H and O–H groups in total. The van der Waals surface area contributed by atoms with Crippen molar-refractivity contribution >= 4 is 66.9 Å². The van der Waals surface area contributed by atoms with E-state index in [1.54, 1.807) is 62.8 Å². The van der Waals surface area contributed by atoms with E-state index in [1.807, 2.05) is 97.1 Å². The molecule has 0 unspecified atom stereocenters. The monoisotopic (exact) mass is 1260 g/mol. The van der Waals surface area contributed by atoms with Gasteiger partial charge >= 0.3 is 0 Å². The molecule has 8 bridgehead atoms. The number of fused-ring (bicyclic) bond motifs is 20. The summed E-state index contributed by atoms with van der Waals surface area (Å²) in [5, 5.41) is 3.57. The Morgan fingerprint density at radius 1 is 0.319 bits per heavy atom. The van der Waals surface area contributed by atoms with Gasteiger partial charge in [0.1, 0.15) is 11.5 Å². The predicted molar refractivity (Wildman–Crippen MR) is 376 cm³/mol. The molecular weight excluding hydrogens is 1180 g/mol. The summed E-state index contributed by atoms with van der Waals surface area (Å²) in [4.78, 5) is 52.0. The van der Waals surface area contributed by atoms with Crippen molar-refractivity contribution in [3.63, 3.8) is 0 Å². The van der Waals surface area contributed by atoms with Crippen LogP contribution in [0.25, 0.3) is 109 Å². The van der Waals surface area contributed by atoms with E-state index in [-0.39, 0.29) is 64.0 Å². The Morgan fingerprint density at radius 3 is 0.725 bits per heavy atom. The molecule has 2 aliphatic rings. The van der Waals surface area contributed by atoms with E-state index in [1.165, 1.54) is 22.3 Å². The Morgan fingerprint density at radius 2 is 0.527 bits per heavy atom. The van der Waals surface area contributed by atoms with Crippen LogP contribution in [-0.2, 0) is 45.2 Å². The van der Waals surface area contributed by atoms with Crippen LogP contribution in [0.1, 0.15) is 94.5 Å². The number of hydrogen-bond donors (Lipinski definition) is 0. The molecule has 0 aliphatic carbocycles. The Bertz CT molecular complexity index is 3940. The van der Waals surface area contributed by atoms with E-state index in [4.69, 9.17) is 75.6 Å². The standard InChI is InChI=1S/C32H16N8.2C11H16O.2C8H4N2.6CH4.Zn/c1-2-10-18-17(9-1)25-33-26(18)38-28-21-13-5-6-14-22(21)30(35-28)40-32-24-16-8-7-15-23(24)31(36-32)39-29-20-12-4-3-11-19(20)27(34-29)37-25;2*1-4-9-6-10(5-2)8-11(7-9)12-3;2*1-9-7-5-3-4-6-8(7)10-2;;;;;;;/h1-16H;2*6-8H,4-5H2,1-3H3;2*3-6H;6*1H4;/q-2;;;;;;;;;;;. The van der Waals surface area contributed by atoms with Gasteiger partial charge in [-0.1, -0.05) is 230 Å². The predicted octanol–water partition coefficient (Wildman–Crippen LogP) is 21.2. The maximum absolute atomic E-state index is 6.67. The zero-order valence-electron chi connectivity index (χ0n) is 48.0. The number of ether oxygens (including phenoxy) is 2. The van der Waals surface area contributed by atoms with Gasteiger partial charge in [0.25, 0.3) is 0 Å². The van der Waals surface area contributed by atoms with Gasteiger partial charge in [-0.05, 0) is 93.7 Å². The van der Waals surface area contributed by atoms with E-state index < -0.39 is 0 Å². The number of rotatable bonds is 6. The summed E-state index contributed by atoms with van der Waals surface area (Å²) in [6, 6.07) is 58.3. The maximum atomic E-state index is 6.67. The summed E-state index contributed by atoms with van der Waals surface area (Å²) in [7, 11) is 3.43. The van der Waals surface area contributed by atoms with Crippen molar-refractivity contribution < 1.29 is 29.0 Å². The van der Waals surface area contributed by atoms with Crippen LogP contribution in [0.15, 0.2) is 182 Å². The smallest absolute Gasteiger partial charge is 0.194 e. The molecule has 0 saturated carbocycles. The van der Waals surface area contributed by atoms with Crippen LogP contribution < -0.4 is 19.4 Å². The number of hydrogen-bond acceptors (Lipinski definition) is 8. The van der Waals surface area contributed by atoms with Crippen LogP contribution >= 0.6 is 0 Å². The number of benzene rings is 8. The molecule has 0 radical (unpaired) electrons. The Hall–Kier alpha value is -10.7. The molecule has 14 nitrogen and oxygen atoms in total. The molecule has 460 valence electrons. The van der Waals surface area contributed by atoms with Gasteiger partial charge in [0.05, 0.1) is 63.8 Å². The molecule has 0 atom stereocenters. The zero-order valence-corrected chi connectivity index (χ0v) is 51.0. The average molecular weight is 1260 g/mol. The molecule has 0 amide bonds. The van der Waals surface area contributed by atoms with Gasteiger partial charge in [0.2, 0.25) is 0 Å². The summed E-state index contributed by atoms with van der Waals surface area (Å²) in [6.45, 7) is 35.3. The minimum atomic E-state index is 0. The molecule has 13 rings (SSSR count). The van der Waals surface area contributed by atoms with Gasteiger partial charge in [-0.2, -0.15) is 0 Å². The van der Waals surface area contributed by atoms with E-state index in [0.29, 0.717) is 68.6 Å². The topological polar surface area (TPSA) is 141 Å². The van der Waals surface area contributed by atoms with Crippen LogP contribution in [0.4, 0.5) is 22.7 Å². The molecule has 0 fully saturated rings. The fourth-order valence-corrected chi connectivity index (χ4v) is 9.27. The molecule has 11 aromatic rings. The summed E-state index contributed by atoms with van der Waals surface area (Å²) < 4.78 is 10.4. The van der Waals surface area contributed by atoms with E-state index in [0.717, 1.165) is 81.0 Å². The van der Waals surface area contributed by atoms with Crippen molar-refractivity contribution in [2.75, 3.05) is 14.2 Å². The third kappa shape index (κ3) is 17.8. The molecule has 2 aliphatic heterocycles. The van der Waals surface area contributed by atoms with Crippen molar-refractivity contribution in [2.45, 2.75) is 97.9 Å². The molecular formula is C76H80N12O2Zn-2. The van der Waals surface area contributed by atoms with Gasteiger partial charge < -0.3 is 39.4 Å². The van der Waals surface area contributed by atoms with Crippen LogP contribution in [-0.4, -0.2) is 44.1 Å². The fraction of sp³-hybridized carbons (Fsp3) is 0.211. The molecule has 0 saturated heterocycles. The van der Waals surface area contributed by atoms with Crippen molar-refractivity contribution in [3.05, 3.63) is 250 Å². The first-order valence-corrected chi connectivity index (χ1v) is 27.3. The largest absolute Gasteiger partial charge is 0.497 e. The molecule has 3 aromatic heterocycles.